The van der Waals surface area contributed by atoms with Crippen LogP contribution in [0.15, 0.2) is 60.7 Å². The zero-order chi connectivity index (χ0) is 27.2. The van der Waals surface area contributed by atoms with E-state index in [-0.39, 0.29) is 0 Å². The van der Waals surface area contributed by atoms with Crippen molar-refractivity contribution in [3.8, 4) is 0 Å². The van der Waals surface area contributed by atoms with Crippen LogP contribution in [-0.2, 0) is 22.4 Å². The Morgan fingerprint density at radius 1 is 0.568 bits per heavy atom. The van der Waals surface area contributed by atoms with E-state index in [0.29, 0.717) is 5.56 Å². The molecule has 0 atom stereocenters. The third-order valence-corrected chi connectivity index (χ3v) is 7.69. The molecule has 0 aliphatic carbocycles. The average Bonchev–Trinajstić information content (AvgIpc) is 2.88. The van der Waals surface area contributed by atoms with E-state index in [9.17, 15) is 13.0 Å². The normalized spacial score (nSPS) is 11.7. The highest BCUT2D eigenvalue weighted by atomic mass is 32.2. The second-order valence-corrected chi connectivity index (χ2v) is 11.9. The topological polar surface area (TPSA) is 57.2 Å². The van der Waals surface area contributed by atoms with E-state index >= 15 is 0 Å². The summed E-state index contributed by atoms with van der Waals surface area (Å²) in [4.78, 5) is 0. The summed E-state index contributed by atoms with van der Waals surface area (Å²) in [6, 6.07) is 19.6. The summed E-state index contributed by atoms with van der Waals surface area (Å²) < 4.78 is 32.1. The maximum Gasteiger partial charge on any atom is 0.104 e. The van der Waals surface area contributed by atoms with Gasteiger partial charge < -0.3 is 9.04 Å². The number of hydrogen-bond acceptors (Lipinski definition) is 3. The minimum atomic E-state index is -4.13. The molecule has 0 radical (unpaired) electrons. The molecule has 210 valence electrons. The second-order valence-electron chi connectivity index (χ2n) is 10.5. The minimum absolute atomic E-state index is 0.423. The van der Waals surface area contributed by atoms with Crippen LogP contribution in [0.3, 0.4) is 0 Å². The van der Waals surface area contributed by atoms with Crippen molar-refractivity contribution in [1.82, 2.24) is 0 Å². The molecule has 0 bridgehead atoms. The van der Waals surface area contributed by atoms with Crippen LogP contribution < -0.4 is 0 Å². The van der Waals surface area contributed by atoms with Gasteiger partial charge in [0.15, 0.2) is 0 Å². The molecule has 2 aromatic rings. The Morgan fingerprint density at radius 2 is 0.946 bits per heavy atom. The molecule has 0 heterocycles. The minimum Gasteiger partial charge on any atom is -0.748 e. The molecule has 2 rings (SSSR count). The van der Waals surface area contributed by atoms with Gasteiger partial charge >= 0.3 is 0 Å². The molecule has 0 saturated heterocycles. The standard InChI is InChI=1S/C25H46N.C7H8O3S/c1-4-7-10-16-21-26(22-17-11-8-5-2,23-18-12-9-6-3)24-25-19-14-13-15-20-25;8-11(9,10)6-7-4-2-1-3-5-7/h13-15,19-20H,4-12,16-18,21-24H2,1-3H3;1-5H,6H2,(H,8,9,10)/q+1;/p-1. The van der Waals surface area contributed by atoms with Crippen molar-refractivity contribution < 1.29 is 17.5 Å². The Morgan fingerprint density at radius 3 is 1.30 bits per heavy atom. The maximum absolute atomic E-state index is 10.2. The second kappa shape index (κ2) is 20.3. The molecule has 2 aromatic carbocycles. The first-order chi connectivity index (χ1) is 17.8. The number of hydrogen-bond donors (Lipinski definition) is 0. The van der Waals surface area contributed by atoms with Crippen molar-refractivity contribution in [1.29, 1.82) is 0 Å². The lowest BCUT2D eigenvalue weighted by atomic mass is 10.1. The van der Waals surface area contributed by atoms with E-state index in [1.807, 2.05) is 0 Å². The zero-order valence-corrected chi connectivity index (χ0v) is 24.7. The van der Waals surface area contributed by atoms with Gasteiger partial charge in [-0.1, -0.05) is 120 Å². The van der Waals surface area contributed by atoms with Gasteiger partial charge in [0.25, 0.3) is 0 Å². The molecule has 5 heteroatoms. The molecular weight excluding hydrogens is 478 g/mol. The molecule has 4 nitrogen and oxygen atoms in total. The van der Waals surface area contributed by atoms with Gasteiger partial charge in [0, 0.05) is 5.56 Å². The van der Waals surface area contributed by atoms with Crippen LogP contribution in [0.4, 0.5) is 0 Å². The quantitative estimate of drug-likeness (QED) is 0.104. The number of quaternary nitrogens is 1. The van der Waals surface area contributed by atoms with Crippen molar-refractivity contribution in [2.75, 3.05) is 19.6 Å². The first-order valence-electron chi connectivity index (χ1n) is 14.7. The van der Waals surface area contributed by atoms with Crippen LogP contribution in [0.5, 0.6) is 0 Å². The fraction of sp³-hybridized carbons (Fsp3) is 0.625. The van der Waals surface area contributed by atoms with E-state index in [2.05, 4.69) is 51.1 Å². The molecule has 37 heavy (non-hydrogen) atoms. The molecule has 0 aliphatic rings. The van der Waals surface area contributed by atoms with Crippen molar-refractivity contribution >= 4 is 10.1 Å². The predicted octanol–water partition coefficient (Wildman–Crippen LogP) is 8.48. The Labute approximate surface area is 228 Å². The van der Waals surface area contributed by atoms with Crippen LogP contribution in [-0.4, -0.2) is 37.1 Å². The molecule has 0 spiro atoms. The summed E-state index contributed by atoms with van der Waals surface area (Å²) in [5.41, 5.74) is 2.07. The van der Waals surface area contributed by atoms with Gasteiger partial charge in [0.05, 0.1) is 35.5 Å². The van der Waals surface area contributed by atoms with E-state index in [0.717, 1.165) is 0 Å². The monoisotopic (exact) mass is 531 g/mol. The van der Waals surface area contributed by atoms with Crippen LogP contribution in [0.2, 0.25) is 0 Å². The molecular formula is C32H53NO3S. The van der Waals surface area contributed by atoms with Crippen molar-refractivity contribution in [2.24, 2.45) is 0 Å². The third-order valence-electron chi connectivity index (χ3n) is 7.01. The lowest BCUT2D eigenvalue weighted by Gasteiger charge is -2.39. The molecule has 0 aliphatic heterocycles. The summed E-state index contributed by atoms with van der Waals surface area (Å²) in [5.74, 6) is -0.423. The summed E-state index contributed by atoms with van der Waals surface area (Å²) in [5, 5.41) is 0. The van der Waals surface area contributed by atoms with Gasteiger partial charge in [-0.25, -0.2) is 8.42 Å². The van der Waals surface area contributed by atoms with E-state index < -0.39 is 15.9 Å². The Hall–Kier alpha value is -1.69. The summed E-state index contributed by atoms with van der Waals surface area (Å²) in [7, 11) is -4.13. The summed E-state index contributed by atoms with van der Waals surface area (Å²) >= 11 is 0. The van der Waals surface area contributed by atoms with Gasteiger partial charge in [0.2, 0.25) is 0 Å². The highest BCUT2D eigenvalue weighted by molar-refractivity contribution is 7.84. The first kappa shape index (κ1) is 33.3. The highest BCUT2D eigenvalue weighted by Crippen LogP contribution is 2.21. The number of nitrogens with zero attached hydrogens (tertiary/aromatic N) is 1. The smallest absolute Gasteiger partial charge is 0.104 e. The van der Waals surface area contributed by atoms with Crippen LogP contribution in [0.25, 0.3) is 0 Å². The fourth-order valence-corrected chi connectivity index (χ4v) is 5.54. The zero-order valence-electron chi connectivity index (χ0n) is 23.9. The van der Waals surface area contributed by atoms with Crippen LogP contribution >= 0.6 is 0 Å². The number of unbranched alkanes of at least 4 members (excludes halogenated alkanes) is 9. The van der Waals surface area contributed by atoms with Gasteiger partial charge in [-0.05, 0) is 44.1 Å². The molecule has 0 amide bonds. The van der Waals surface area contributed by atoms with E-state index in [1.165, 1.54) is 113 Å². The third kappa shape index (κ3) is 17.4. The van der Waals surface area contributed by atoms with Gasteiger partial charge in [-0.15, -0.1) is 0 Å². The SMILES string of the molecule is CCCCCC[N+](CCCCCC)(CCCCCC)Cc1ccccc1.O=S(=O)([O-])Cc1ccccc1. The molecule has 0 saturated carbocycles. The molecule has 0 unspecified atom stereocenters. The Bertz CT molecular complexity index is 853. The van der Waals surface area contributed by atoms with Crippen molar-refractivity contribution in [3.63, 3.8) is 0 Å². The van der Waals surface area contributed by atoms with E-state index in [4.69, 9.17) is 0 Å². The number of benzene rings is 2. The highest BCUT2D eigenvalue weighted by Gasteiger charge is 2.26. The van der Waals surface area contributed by atoms with Gasteiger partial charge in [0.1, 0.15) is 6.54 Å². The predicted molar refractivity (Wildman–Crippen MR) is 157 cm³/mol. The fourth-order valence-electron chi connectivity index (χ4n) is 4.94. The maximum atomic E-state index is 10.2. The largest absolute Gasteiger partial charge is 0.748 e. The van der Waals surface area contributed by atoms with Crippen LogP contribution in [0, 0.1) is 0 Å². The lowest BCUT2D eigenvalue weighted by Crippen LogP contribution is -2.49. The van der Waals surface area contributed by atoms with Crippen molar-refractivity contribution in [3.05, 3.63) is 71.8 Å². The summed E-state index contributed by atoms with van der Waals surface area (Å²) in [6.45, 7) is 12.4. The van der Waals surface area contributed by atoms with E-state index in [1.54, 1.807) is 30.3 Å². The summed E-state index contributed by atoms with van der Waals surface area (Å²) in [6.07, 6.45) is 16.7. The Kier molecular flexibility index (Phi) is 18.3. The molecule has 0 N–H and O–H groups in total. The number of rotatable bonds is 19. The molecule has 0 aromatic heterocycles. The molecule has 0 fully saturated rings. The van der Waals surface area contributed by atoms with Crippen molar-refractivity contribution in [2.45, 2.75) is 110 Å². The van der Waals surface area contributed by atoms with Gasteiger partial charge in [-0.2, -0.15) is 0 Å². The first-order valence-corrected chi connectivity index (χ1v) is 16.3. The average molecular weight is 532 g/mol. The Balaban J connectivity index is 0.000000516. The van der Waals surface area contributed by atoms with Gasteiger partial charge in [-0.3, -0.25) is 0 Å². The lowest BCUT2D eigenvalue weighted by molar-refractivity contribution is -0.941. The van der Waals surface area contributed by atoms with Crippen LogP contribution in [0.1, 0.15) is 109 Å².